The van der Waals surface area contributed by atoms with Gasteiger partial charge in [-0.05, 0) is 36.4 Å². The first kappa shape index (κ1) is 17.0. The number of nitrogens with zero attached hydrogens (tertiary/aromatic N) is 1. The van der Waals surface area contributed by atoms with Gasteiger partial charge in [0.25, 0.3) is 10.0 Å². The fourth-order valence-corrected chi connectivity index (χ4v) is 3.55. The summed E-state index contributed by atoms with van der Waals surface area (Å²) in [6, 6.07) is 10.7. The molecule has 9 heteroatoms. The molecule has 0 aliphatic heterocycles. The van der Waals surface area contributed by atoms with Crippen LogP contribution in [0.1, 0.15) is 0 Å². The molecule has 3 rings (SSSR count). The summed E-state index contributed by atoms with van der Waals surface area (Å²) in [6.07, 6.45) is -1.79. The minimum absolute atomic E-state index is 0.0445. The lowest BCUT2D eigenvalue weighted by Gasteiger charge is -2.12. The second kappa shape index (κ2) is 6.25. The van der Waals surface area contributed by atoms with Crippen LogP contribution >= 0.6 is 0 Å². The molecule has 130 valence electrons. The van der Waals surface area contributed by atoms with E-state index in [0.29, 0.717) is 10.8 Å². The number of hydrogen-bond acceptors (Lipinski definition) is 4. The fourth-order valence-electron chi connectivity index (χ4n) is 2.26. The summed E-state index contributed by atoms with van der Waals surface area (Å²) in [7, 11) is -3.93. The number of ether oxygens (including phenoxy) is 1. The topological polar surface area (TPSA) is 68.3 Å². The van der Waals surface area contributed by atoms with Crippen molar-refractivity contribution in [2.24, 2.45) is 0 Å². The van der Waals surface area contributed by atoms with E-state index >= 15 is 0 Å². The van der Waals surface area contributed by atoms with Gasteiger partial charge in [0, 0.05) is 28.9 Å². The number of pyridine rings is 1. The molecular weight excluding hydrogens is 357 g/mol. The molecule has 0 spiro atoms. The minimum Gasteiger partial charge on any atom is -0.406 e. The molecule has 3 aromatic rings. The third-order valence-electron chi connectivity index (χ3n) is 3.27. The second-order valence-electron chi connectivity index (χ2n) is 5.03. The van der Waals surface area contributed by atoms with Crippen molar-refractivity contribution in [3.05, 3.63) is 60.9 Å². The Morgan fingerprint density at radius 3 is 2.40 bits per heavy atom. The van der Waals surface area contributed by atoms with Crippen LogP contribution in [0.25, 0.3) is 10.8 Å². The first-order valence-corrected chi connectivity index (χ1v) is 8.44. The highest BCUT2D eigenvalue weighted by Crippen LogP contribution is 2.27. The van der Waals surface area contributed by atoms with E-state index in [-0.39, 0.29) is 10.6 Å². The Morgan fingerprint density at radius 1 is 1.00 bits per heavy atom. The summed E-state index contributed by atoms with van der Waals surface area (Å²) in [6.45, 7) is 0. The number of benzene rings is 2. The quantitative estimate of drug-likeness (QED) is 0.758. The SMILES string of the molecule is O=S(=O)(Nc1ccc(OC(F)(F)F)cc1)c1cccc2cnccc12. The van der Waals surface area contributed by atoms with Crippen molar-refractivity contribution in [1.82, 2.24) is 4.98 Å². The van der Waals surface area contributed by atoms with Crippen LogP contribution in [-0.4, -0.2) is 19.8 Å². The van der Waals surface area contributed by atoms with Gasteiger partial charge < -0.3 is 4.74 Å². The zero-order valence-corrected chi connectivity index (χ0v) is 13.3. The maximum absolute atomic E-state index is 12.6. The van der Waals surface area contributed by atoms with Crippen molar-refractivity contribution in [2.45, 2.75) is 11.3 Å². The lowest BCUT2D eigenvalue weighted by Crippen LogP contribution is -2.17. The fraction of sp³-hybridized carbons (Fsp3) is 0.0625. The zero-order chi connectivity index (χ0) is 18.1. The summed E-state index contributed by atoms with van der Waals surface area (Å²) in [5.41, 5.74) is 0.112. The maximum Gasteiger partial charge on any atom is 0.573 e. The second-order valence-corrected chi connectivity index (χ2v) is 6.68. The van der Waals surface area contributed by atoms with Crippen LogP contribution in [0.3, 0.4) is 0 Å². The number of aromatic nitrogens is 1. The van der Waals surface area contributed by atoms with Crippen molar-refractivity contribution < 1.29 is 26.3 Å². The summed E-state index contributed by atoms with van der Waals surface area (Å²) in [4.78, 5) is 3.98. The van der Waals surface area contributed by atoms with Crippen LogP contribution in [0.4, 0.5) is 18.9 Å². The van der Waals surface area contributed by atoms with E-state index in [1.807, 2.05) is 0 Å². The monoisotopic (exact) mass is 368 g/mol. The van der Waals surface area contributed by atoms with E-state index in [1.165, 1.54) is 30.6 Å². The Morgan fingerprint density at radius 2 is 1.72 bits per heavy atom. The molecular formula is C16H11F3N2O3S. The summed E-state index contributed by atoms with van der Waals surface area (Å²) in [5, 5.41) is 1.14. The van der Waals surface area contributed by atoms with E-state index in [4.69, 9.17) is 0 Å². The Bertz CT molecular complexity index is 998. The maximum atomic E-state index is 12.6. The average molecular weight is 368 g/mol. The summed E-state index contributed by atoms with van der Waals surface area (Å²) in [5.74, 6) is -0.438. The zero-order valence-electron chi connectivity index (χ0n) is 12.5. The number of nitrogens with one attached hydrogen (secondary N) is 1. The van der Waals surface area contributed by atoms with E-state index in [9.17, 15) is 21.6 Å². The van der Waals surface area contributed by atoms with Gasteiger partial charge in [0.2, 0.25) is 0 Å². The smallest absolute Gasteiger partial charge is 0.406 e. The van der Waals surface area contributed by atoms with Gasteiger partial charge in [0.15, 0.2) is 0 Å². The molecule has 25 heavy (non-hydrogen) atoms. The predicted octanol–water partition coefficient (Wildman–Crippen LogP) is 3.93. The molecule has 2 aromatic carbocycles. The predicted molar refractivity (Wildman–Crippen MR) is 85.7 cm³/mol. The number of fused-ring (bicyclic) bond motifs is 1. The standard InChI is InChI=1S/C16H11F3N2O3S/c17-16(18,19)24-13-6-4-12(5-7-13)21-25(22,23)15-3-1-2-11-10-20-9-8-14(11)15/h1-10,21H. The summed E-state index contributed by atoms with van der Waals surface area (Å²) >= 11 is 0. The first-order chi connectivity index (χ1) is 11.7. The molecule has 0 unspecified atom stereocenters. The van der Waals surface area contributed by atoms with Gasteiger partial charge in [-0.1, -0.05) is 12.1 Å². The molecule has 1 N–H and O–H groups in total. The molecule has 1 aromatic heterocycles. The Hall–Kier alpha value is -2.81. The molecule has 0 radical (unpaired) electrons. The Labute approximate surface area is 141 Å². The van der Waals surface area contributed by atoms with E-state index < -0.39 is 22.1 Å². The van der Waals surface area contributed by atoms with Crippen LogP contribution in [-0.2, 0) is 10.0 Å². The van der Waals surface area contributed by atoms with Gasteiger partial charge in [-0.2, -0.15) is 0 Å². The van der Waals surface area contributed by atoms with Gasteiger partial charge in [-0.15, -0.1) is 13.2 Å². The van der Waals surface area contributed by atoms with Crippen molar-refractivity contribution >= 4 is 26.5 Å². The Kier molecular flexibility index (Phi) is 4.25. The molecule has 0 aliphatic carbocycles. The van der Waals surface area contributed by atoms with Gasteiger partial charge in [0.1, 0.15) is 5.75 Å². The van der Waals surface area contributed by atoms with E-state index in [0.717, 1.165) is 12.1 Å². The number of halogens is 3. The van der Waals surface area contributed by atoms with Crippen molar-refractivity contribution in [2.75, 3.05) is 4.72 Å². The molecule has 0 atom stereocenters. The van der Waals surface area contributed by atoms with Crippen molar-refractivity contribution in [3.63, 3.8) is 0 Å². The number of sulfonamides is 1. The van der Waals surface area contributed by atoms with Crippen LogP contribution < -0.4 is 9.46 Å². The van der Waals surface area contributed by atoms with Gasteiger partial charge in [0.05, 0.1) is 4.90 Å². The molecule has 0 saturated heterocycles. The molecule has 0 aliphatic rings. The third-order valence-corrected chi connectivity index (χ3v) is 4.71. The van der Waals surface area contributed by atoms with Crippen LogP contribution in [0.2, 0.25) is 0 Å². The lowest BCUT2D eigenvalue weighted by atomic mass is 10.2. The molecule has 1 heterocycles. The lowest BCUT2D eigenvalue weighted by molar-refractivity contribution is -0.274. The highest BCUT2D eigenvalue weighted by atomic mass is 32.2. The normalized spacial score (nSPS) is 12.1. The number of alkyl halides is 3. The highest BCUT2D eigenvalue weighted by molar-refractivity contribution is 7.93. The molecule has 0 amide bonds. The molecule has 0 saturated carbocycles. The number of anilines is 1. The highest BCUT2D eigenvalue weighted by Gasteiger charge is 2.31. The van der Waals surface area contributed by atoms with Gasteiger partial charge >= 0.3 is 6.36 Å². The minimum atomic E-state index is -4.81. The van der Waals surface area contributed by atoms with E-state index in [1.54, 1.807) is 18.2 Å². The third kappa shape index (κ3) is 4.00. The summed E-state index contributed by atoms with van der Waals surface area (Å²) < 4.78 is 67.7. The Balaban J connectivity index is 1.89. The first-order valence-electron chi connectivity index (χ1n) is 6.96. The van der Waals surface area contributed by atoms with Crippen LogP contribution in [0.15, 0.2) is 65.8 Å². The molecule has 0 bridgehead atoms. The van der Waals surface area contributed by atoms with Gasteiger partial charge in [-0.3, -0.25) is 9.71 Å². The number of rotatable bonds is 4. The average Bonchev–Trinajstić information content (AvgIpc) is 2.54. The van der Waals surface area contributed by atoms with Crippen LogP contribution in [0.5, 0.6) is 5.75 Å². The van der Waals surface area contributed by atoms with Crippen LogP contribution in [0, 0.1) is 0 Å². The number of hydrogen-bond donors (Lipinski definition) is 1. The molecule has 5 nitrogen and oxygen atoms in total. The van der Waals surface area contributed by atoms with E-state index in [2.05, 4.69) is 14.4 Å². The largest absolute Gasteiger partial charge is 0.573 e. The molecule has 0 fully saturated rings. The van der Waals surface area contributed by atoms with Crippen molar-refractivity contribution in [1.29, 1.82) is 0 Å². The van der Waals surface area contributed by atoms with Crippen molar-refractivity contribution in [3.8, 4) is 5.75 Å². The van der Waals surface area contributed by atoms with Gasteiger partial charge in [-0.25, -0.2) is 8.42 Å².